The first-order valence-electron chi connectivity index (χ1n) is 9.66. The monoisotopic (exact) mass is 390 g/mol. The van der Waals surface area contributed by atoms with Gasteiger partial charge in [0.1, 0.15) is 18.1 Å². The van der Waals surface area contributed by atoms with Crippen LogP contribution in [-0.4, -0.2) is 18.6 Å². The number of amides is 1. The van der Waals surface area contributed by atoms with E-state index in [2.05, 4.69) is 10.6 Å². The molecule has 0 aliphatic rings. The SMILES string of the molecule is CC(C)Oc1cccc(NC(=O)CNc2ccc(OCc3ccccc3)cc2)c1. The highest BCUT2D eigenvalue weighted by Gasteiger charge is 2.05. The van der Waals surface area contributed by atoms with E-state index in [1.165, 1.54) is 0 Å². The van der Waals surface area contributed by atoms with Gasteiger partial charge in [0, 0.05) is 17.4 Å². The van der Waals surface area contributed by atoms with Gasteiger partial charge in [-0.2, -0.15) is 0 Å². The van der Waals surface area contributed by atoms with Crippen LogP contribution in [0.15, 0.2) is 78.9 Å². The van der Waals surface area contributed by atoms with E-state index < -0.39 is 0 Å². The van der Waals surface area contributed by atoms with Gasteiger partial charge in [-0.25, -0.2) is 0 Å². The molecule has 0 aliphatic carbocycles. The second-order valence-electron chi connectivity index (χ2n) is 6.89. The van der Waals surface area contributed by atoms with Crippen LogP contribution < -0.4 is 20.1 Å². The van der Waals surface area contributed by atoms with Crippen LogP contribution in [0.25, 0.3) is 0 Å². The van der Waals surface area contributed by atoms with Gasteiger partial charge in [-0.3, -0.25) is 4.79 Å². The summed E-state index contributed by atoms with van der Waals surface area (Å²) in [6.07, 6.45) is 0.0854. The van der Waals surface area contributed by atoms with Crippen LogP contribution in [0.3, 0.4) is 0 Å². The summed E-state index contributed by atoms with van der Waals surface area (Å²) in [6, 6.07) is 25.0. The number of carbonyl (C=O) groups excluding carboxylic acids is 1. The van der Waals surface area contributed by atoms with Gasteiger partial charge in [0.2, 0.25) is 5.91 Å². The summed E-state index contributed by atoms with van der Waals surface area (Å²) in [5, 5.41) is 5.98. The van der Waals surface area contributed by atoms with Crippen molar-refractivity contribution in [3.8, 4) is 11.5 Å². The Labute approximate surface area is 171 Å². The van der Waals surface area contributed by atoms with Crippen molar-refractivity contribution in [1.29, 1.82) is 0 Å². The molecule has 3 aromatic rings. The zero-order valence-corrected chi connectivity index (χ0v) is 16.7. The van der Waals surface area contributed by atoms with E-state index in [9.17, 15) is 4.79 Å². The Bertz CT molecular complexity index is 909. The number of carbonyl (C=O) groups is 1. The molecule has 150 valence electrons. The smallest absolute Gasteiger partial charge is 0.243 e. The summed E-state index contributed by atoms with van der Waals surface area (Å²) >= 11 is 0. The number of anilines is 2. The van der Waals surface area contributed by atoms with Crippen molar-refractivity contribution in [2.24, 2.45) is 0 Å². The molecule has 0 heterocycles. The Morgan fingerprint density at radius 1 is 0.862 bits per heavy atom. The molecule has 5 heteroatoms. The first-order valence-corrected chi connectivity index (χ1v) is 9.66. The molecule has 2 N–H and O–H groups in total. The van der Waals surface area contributed by atoms with Crippen molar-refractivity contribution in [3.63, 3.8) is 0 Å². The lowest BCUT2D eigenvalue weighted by atomic mass is 10.2. The van der Waals surface area contributed by atoms with Gasteiger partial charge >= 0.3 is 0 Å². The van der Waals surface area contributed by atoms with Crippen LogP contribution in [0.1, 0.15) is 19.4 Å². The van der Waals surface area contributed by atoms with Crippen LogP contribution in [-0.2, 0) is 11.4 Å². The predicted octanol–water partition coefficient (Wildman–Crippen LogP) is 5.10. The molecule has 0 bridgehead atoms. The third-order valence-corrected chi connectivity index (χ3v) is 4.05. The highest BCUT2D eigenvalue weighted by atomic mass is 16.5. The number of ether oxygens (including phenoxy) is 2. The normalized spacial score (nSPS) is 10.4. The molecule has 3 aromatic carbocycles. The largest absolute Gasteiger partial charge is 0.491 e. The highest BCUT2D eigenvalue weighted by Crippen LogP contribution is 2.19. The van der Waals surface area contributed by atoms with Crippen molar-refractivity contribution in [2.75, 3.05) is 17.2 Å². The molecule has 0 saturated carbocycles. The predicted molar refractivity (Wildman–Crippen MR) is 117 cm³/mol. The van der Waals surface area contributed by atoms with Crippen molar-refractivity contribution in [3.05, 3.63) is 84.4 Å². The maximum atomic E-state index is 12.2. The summed E-state index contributed by atoms with van der Waals surface area (Å²) < 4.78 is 11.4. The van der Waals surface area contributed by atoms with Crippen molar-refractivity contribution in [1.82, 2.24) is 0 Å². The lowest BCUT2D eigenvalue weighted by Crippen LogP contribution is -2.21. The third-order valence-electron chi connectivity index (χ3n) is 4.05. The van der Waals surface area contributed by atoms with Crippen molar-refractivity contribution < 1.29 is 14.3 Å². The molecule has 0 aromatic heterocycles. The number of benzene rings is 3. The Morgan fingerprint density at radius 3 is 2.34 bits per heavy atom. The van der Waals surface area contributed by atoms with Crippen molar-refractivity contribution in [2.45, 2.75) is 26.6 Å². The Morgan fingerprint density at radius 2 is 1.62 bits per heavy atom. The van der Waals surface area contributed by atoms with Crippen LogP contribution >= 0.6 is 0 Å². The van der Waals surface area contributed by atoms with E-state index in [0.717, 1.165) is 22.7 Å². The lowest BCUT2D eigenvalue weighted by Gasteiger charge is -2.12. The Hall–Kier alpha value is -3.47. The first kappa shape index (κ1) is 20.3. The van der Waals surface area contributed by atoms with E-state index in [4.69, 9.17) is 9.47 Å². The van der Waals surface area contributed by atoms with Gasteiger partial charge in [0.15, 0.2) is 0 Å². The topological polar surface area (TPSA) is 59.6 Å². The molecule has 0 aliphatic heterocycles. The van der Waals surface area contributed by atoms with E-state index in [0.29, 0.717) is 12.3 Å². The van der Waals surface area contributed by atoms with Crippen LogP contribution in [0.4, 0.5) is 11.4 Å². The van der Waals surface area contributed by atoms with E-state index in [1.807, 2.05) is 92.7 Å². The summed E-state index contributed by atoms with van der Waals surface area (Å²) in [7, 11) is 0. The second kappa shape index (κ2) is 10.2. The molecule has 0 fully saturated rings. The molecule has 29 heavy (non-hydrogen) atoms. The maximum absolute atomic E-state index is 12.2. The van der Waals surface area contributed by atoms with Gasteiger partial charge in [0.25, 0.3) is 0 Å². The minimum atomic E-state index is -0.129. The van der Waals surface area contributed by atoms with Gasteiger partial charge in [-0.05, 0) is 55.8 Å². The second-order valence-corrected chi connectivity index (χ2v) is 6.89. The lowest BCUT2D eigenvalue weighted by molar-refractivity contribution is -0.114. The number of rotatable bonds is 9. The van der Waals surface area contributed by atoms with Crippen LogP contribution in [0, 0.1) is 0 Å². The van der Waals surface area contributed by atoms with Crippen LogP contribution in [0.5, 0.6) is 11.5 Å². The van der Waals surface area contributed by atoms with Crippen LogP contribution in [0.2, 0.25) is 0 Å². The summed E-state index contributed by atoms with van der Waals surface area (Å²) in [5.41, 5.74) is 2.68. The molecule has 0 saturated heterocycles. The van der Waals surface area contributed by atoms with Crippen molar-refractivity contribution >= 4 is 17.3 Å². The fourth-order valence-corrected chi connectivity index (χ4v) is 2.72. The zero-order chi connectivity index (χ0) is 20.5. The molecule has 0 unspecified atom stereocenters. The van der Waals surface area contributed by atoms with E-state index >= 15 is 0 Å². The fraction of sp³-hybridized carbons (Fsp3) is 0.208. The maximum Gasteiger partial charge on any atom is 0.243 e. The number of nitrogens with one attached hydrogen (secondary N) is 2. The molecule has 0 atom stereocenters. The first-order chi connectivity index (χ1) is 14.1. The summed E-state index contributed by atoms with van der Waals surface area (Å²) in [5.74, 6) is 1.39. The van der Waals surface area contributed by atoms with Gasteiger partial charge < -0.3 is 20.1 Å². The number of hydrogen-bond donors (Lipinski definition) is 2. The third kappa shape index (κ3) is 6.88. The number of hydrogen-bond acceptors (Lipinski definition) is 4. The molecular weight excluding hydrogens is 364 g/mol. The Kier molecular flexibility index (Phi) is 7.11. The summed E-state index contributed by atoms with van der Waals surface area (Å²) in [6.45, 7) is 4.62. The molecule has 0 radical (unpaired) electrons. The molecule has 5 nitrogen and oxygen atoms in total. The van der Waals surface area contributed by atoms with E-state index in [-0.39, 0.29) is 18.6 Å². The average Bonchev–Trinajstić information content (AvgIpc) is 2.72. The van der Waals surface area contributed by atoms with E-state index in [1.54, 1.807) is 0 Å². The Balaban J connectivity index is 1.45. The van der Waals surface area contributed by atoms with Gasteiger partial charge in [0.05, 0.1) is 12.6 Å². The molecule has 3 rings (SSSR count). The minimum absolute atomic E-state index is 0.0854. The fourth-order valence-electron chi connectivity index (χ4n) is 2.72. The average molecular weight is 390 g/mol. The quantitative estimate of drug-likeness (QED) is 0.533. The molecular formula is C24H26N2O3. The summed E-state index contributed by atoms with van der Waals surface area (Å²) in [4.78, 5) is 12.2. The zero-order valence-electron chi connectivity index (χ0n) is 16.7. The minimum Gasteiger partial charge on any atom is -0.491 e. The highest BCUT2D eigenvalue weighted by molar-refractivity contribution is 5.93. The molecule has 1 amide bonds. The molecule has 0 spiro atoms. The van der Waals surface area contributed by atoms with Gasteiger partial charge in [-0.15, -0.1) is 0 Å². The van der Waals surface area contributed by atoms with Gasteiger partial charge in [-0.1, -0.05) is 36.4 Å². The standard InChI is InChI=1S/C24H26N2O3/c1-18(2)29-23-10-6-9-21(15-23)26-24(27)16-25-20-11-13-22(14-12-20)28-17-19-7-4-3-5-8-19/h3-15,18,25H,16-17H2,1-2H3,(H,26,27).